The number of hydrogen-bond acceptors (Lipinski definition) is 3. The van der Waals surface area contributed by atoms with E-state index in [9.17, 15) is 4.79 Å². The molecule has 2 heterocycles. The number of nitrogens with zero attached hydrogens (tertiary/aromatic N) is 1. The lowest BCUT2D eigenvalue weighted by atomic mass is 10.2. The molecule has 0 aliphatic rings. The number of thiophene rings is 1. The van der Waals surface area contributed by atoms with Crippen molar-refractivity contribution >= 4 is 39.1 Å². The first-order chi connectivity index (χ1) is 6.20. The SMILES string of the molecule is NC(=O)c1cnc2sccc2c1Cl. The number of fused-ring (bicyclic) bond motifs is 1. The van der Waals surface area contributed by atoms with Crippen LogP contribution in [0.2, 0.25) is 5.02 Å². The highest BCUT2D eigenvalue weighted by molar-refractivity contribution is 7.16. The zero-order valence-corrected chi connectivity index (χ0v) is 8.02. The molecule has 1 amide bonds. The quantitative estimate of drug-likeness (QED) is 0.787. The van der Waals surface area contributed by atoms with E-state index in [-0.39, 0.29) is 5.56 Å². The fraction of sp³-hybridized carbons (Fsp3) is 0. The average Bonchev–Trinajstić information content (AvgIpc) is 2.52. The molecule has 0 saturated heterocycles. The molecular formula is C8H5ClN2OS. The summed E-state index contributed by atoms with van der Waals surface area (Å²) in [6, 6.07) is 1.82. The van der Waals surface area contributed by atoms with Crippen LogP contribution in [-0.4, -0.2) is 10.9 Å². The van der Waals surface area contributed by atoms with Crippen LogP contribution in [0.15, 0.2) is 17.6 Å². The molecule has 0 radical (unpaired) electrons. The fourth-order valence-electron chi connectivity index (χ4n) is 1.07. The number of hydrogen-bond donors (Lipinski definition) is 1. The lowest BCUT2D eigenvalue weighted by Crippen LogP contribution is -2.11. The second kappa shape index (κ2) is 2.97. The molecule has 2 aromatic rings. The van der Waals surface area contributed by atoms with Gasteiger partial charge in [0.15, 0.2) is 0 Å². The molecule has 0 unspecified atom stereocenters. The van der Waals surface area contributed by atoms with Gasteiger partial charge in [0.05, 0.1) is 10.6 Å². The van der Waals surface area contributed by atoms with Crippen molar-refractivity contribution < 1.29 is 4.79 Å². The molecule has 0 bridgehead atoms. The Balaban J connectivity index is 2.80. The molecule has 0 aromatic carbocycles. The first kappa shape index (κ1) is 8.47. The number of carbonyl (C=O) groups excluding carboxylic acids is 1. The van der Waals surface area contributed by atoms with Crippen molar-refractivity contribution in [2.75, 3.05) is 0 Å². The van der Waals surface area contributed by atoms with Gasteiger partial charge in [-0.05, 0) is 11.4 Å². The van der Waals surface area contributed by atoms with Gasteiger partial charge in [0.1, 0.15) is 4.83 Å². The van der Waals surface area contributed by atoms with Gasteiger partial charge in [-0.3, -0.25) is 4.79 Å². The van der Waals surface area contributed by atoms with Crippen LogP contribution in [-0.2, 0) is 0 Å². The first-order valence-electron chi connectivity index (χ1n) is 3.51. The largest absolute Gasteiger partial charge is 0.366 e. The maximum absolute atomic E-state index is 10.9. The summed E-state index contributed by atoms with van der Waals surface area (Å²) in [5, 5.41) is 3.04. The molecule has 2 N–H and O–H groups in total. The highest BCUT2D eigenvalue weighted by Gasteiger charge is 2.11. The maximum atomic E-state index is 10.9. The van der Waals surface area contributed by atoms with E-state index in [0.717, 1.165) is 10.2 Å². The minimum absolute atomic E-state index is 0.271. The maximum Gasteiger partial charge on any atom is 0.251 e. The second-order valence-corrected chi connectivity index (χ2v) is 3.76. The molecule has 0 aliphatic heterocycles. The van der Waals surface area contributed by atoms with Crippen LogP contribution in [0.25, 0.3) is 10.2 Å². The van der Waals surface area contributed by atoms with Gasteiger partial charge in [0, 0.05) is 11.6 Å². The van der Waals surface area contributed by atoms with E-state index < -0.39 is 5.91 Å². The van der Waals surface area contributed by atoms with E-state index in [2.05, 4.69) is 4.98 Å². The normalized spacial score (nSPS) is 10.5. The van der Waals surface area contributed by atoms with Gasteiger partial charge in [-0.15, -0.1) is 11.3 Å². The van der Waals surface area contributed by atoms with Crippen LogP contribution in [0.4, 0.5) is 0 Å². The number of primary amides is 1. The molecular weight excluding hydrogens is 208 g/mol. The Kier molecular flexibility index (Phi) is 1.94. The minimum atomic E-state index is -0.550. The average molecular weight is 213 g/mol. The van der Waals surface area contributed by atoms with Crippen molar-refractivity contribution in [1.82, 2.24) is 4.98 Å². The standard InChI is InChI=1S/C8H5ClN2OS/c9-6-4-1-2-13-8(4)11-3-5(6)7(10)12/h1-3H,(H2,10,12). The number of amides is 1. The Morgan fingerprint density at radius 2 is 2.38 bits per heavy atom. The molecule has 2 aromatic heterocycles. The summed E-state index contributed by atoms with van der Waals surface area (Å²) < 4.78 is 0. The van der Waals surface area contributed by atoms with Crippen LogP contribution < -0.4 is 5.73 Å². The zero-order valence-electron chi connectivity index (χ0n) is 6.45. The predicted molar refractivity (Wildman–Crippen MR) is 53.1 cm³/mol. The van der Waals surface area contributed by atoms with Gasteiger partial charge >= 0.3 is 0 Å². The summed E-state index contributed by atoms with van der Waals surface area (Å²) in [7, 11) is 0. The summed E-state index contributed by atoms with van der Waals surface area (Å²) >= 11 is 7.42. The summed E-state index contributed by atoms with van der Waals surface area (Å²) in [6.07, 6.45) is 1.41. The van der Waals surface area contributed by atoms with Crippen molar-refractivity contribution in [3.63, 3.8) is 0 Å². The van der Waals surface area contributed by atoms with E-state index in [0.29, 0.717) is 5.02 Å². The van der Waals surface area contributed by atoms with Crippen LogP contribution >= 0.6 is 22.9 Å². The van der Waals surface area contributed by atoms with Gasteiger partial charge in [0.2, 0.25) is 0 Å². The summed E-state index contributed by atoms with van der Waals surface area (Å²) in [5.41, 5.74) is 5.39. The van der Waals surface area contributed by atoms with Gasteiger partial charge in [-0.2, -0.15) is 0 Å². The number of carbonyl (C=O) groups is 1. The Morgan fingerprint density at radius 1 is 1.62 bits per heavy atom. The van der Waals surface area contributed by atoms with Crippen molar-refractivity contribution in [1.29, 1.82) is 0 Å². The number of rotatable bonds is 1. The van der Waals surface area contributed by atoms with Crippen molar-refractivity contribution in [2.24, 2.45) is 5.73 Å². The van der Waals surface area contributed by atoms with Crippen molar-refractivity contribution in [2.45, 2.75) is 0 Å². The lowest BCUT2D eigenvalue weighted by Gasteiger charge is -1.98. The van der Waals surface area contributed by atoms with Crippen LogP contribution in [0.3, 0.4) is 0 Å². The molecule has 3 nitrogen and oxygen atoms in total. The number of pyridine rings is 1. The van der Waals surface area contributed by atoms with Crippen LogP contribution in [0.1, 0.15) is 10.4 Å². The number of aromatic nitrogens is 1. The third kappa shape index (κ3) is 1.28. The number of halogens is 1. The number of nitrogens with two attached hydrogens (primary N) is 1. The molecule has 0 saturated carbocycles. The van der Waals surface area contributed by atoms with Gasteiger partial charge in [-0.25, -0.2) is 4.98 Å². The molecule has 66 valence electrons. The third-order valence-corrected chi connectivity index (χ3v) is 2.92. The molecule has 0 aliphatic carbocycles. The van der Waals surface area contributed by atoms with E-state index >= 15 is 0 Å². The van der Waals surface area contributed by atoms with Crippen LogP contribution in [0.5, 0.6) is 0 Å². The first-order valence-corrected chi connectivity index (χ1v) is 4.77. The van der Waals surface area contributed by atoms with E-state index in [1.54, 1.807) is 0 Å². The fourth-order valence-corrected chi connectivity index (χ4v) is 2.16. The van der Waals surface area contributed by atoms with E-state index in [4.69, 9.17) is 17.3 Å². The molecule has 5 heteroatoms. The van der Waals surface area contributed by atoms with Gasteiger partial charge in [-0.1, -0.05) is 11.6 Å². The monoisotopic (exact) mass is 212 g/mol. The Morgan fingerprint density at radius 3 is 3.08 bits per heavy atom. The summed E-state index contributed by atoms with van der Waals surface area (Å²) in [4.78, 5) is 15.8. The van der Waals surface area contributed by atoms with Crippen LogP contribution in [0, 0.1) is 0 Å². The van der Waals surface area contributed by atoms with E-state index in [1.165, 1.54) is 17.5 Å². The zero-order chi connectivity index (χ0) is 9.42. The second-order valence-electron chi connectivity index (χ2n) is 2.49. The van der Waals surface area contributed by atoms with Gasteiger partial charge < -0.3 is 5.73 Å². The van der Waals surface area contributed by atoms with E-state index in [1.807, 2.05) is 11.4 Å². The Hall–Kier alpha value is -1.13. The third-order valence-electron chi connectivity index (χ3n) is 1.69. The molecule has 0 spiro atoms. The summed E-state index contributed by atoms with van der Waals surface area (Å²) in [6.45, 7) is 0. The lowest BCUT2D eigenvalue weighted by molar-refractivity contribution is 0.100. The molecule has 2 rings (SSSR count). The Labute approximate surface area is 83.1 Å². The minimum Gasteiger partial charge on any atom is -0.366 e. The van der Waals surface area contributed by atoms with Crippen molar-refractivity contribution in [3.05, 3.63) is 28.2 Å². The predicted octanol–water partition coefficient (Wildman–Crippen LogP) is 2.05. The summed E-state index contributed by atoms with van der Waals surface area (Å²) in [5.74, 6) is -0.550. The molecule has 0 atom stereocenters. The van der Waals surface area contributed by atoms with Gasteiger partial charge in [0.25, 0.3) is 5.91 Å². The smallest absolute Gasteiger partial charge is 0.251 e. The highest BCUT2D eigenvalue weighted by atomic mass is 35.5. The highest BCUT2D eigenvalue weighted by Crippen LogP contribution is 2.28. The molecule has 13 heavy (non-hydrogen) atoms. The van der Waals surface area contributed by atoms with Crippen molar-refractivity contribution in [3.8, 4) is 0 Å². The topological polar surface area (TPSA) is 56.0 Å². The Bertz CT molecular complexity index is 480. The molecule has 0 fully saturated rings.